The molecule has 0 saturated heterocycles. The maximum absolute atomic E-state index is 10.3. The molecule has 1 rings (SSSR count). The molecule has 1 aliphatic heterocycles. The van der Waals surface area contributed by atoms with Gasteiger partial charge in [0.2, 0.25) is 0 Å². The topological polar surface area (TPSA) is 41.8 Å². The van der Waals surface area contributed by atoms with Crippen molar-refractivity contribution < 1.29 is 4.79 Å². The van der Waals surface area contributed by atoms with E-state index in [4.69, 9.17) is 23.2 Å². The van der Waals surface area contributed by atoms with E-state index in [9.17, 15) is 4.79 Å². The molecule has 5 heteroatoms. The Hall–Kier alpha value is -0.410. The lowest BCUT2D eigenvalue weighted by Crippen LogP contribution is -2.37. The molecule has 2 atom stereocenters. The third-order valence-electron chi connectivity index (χ3n) is 1.08. The van der Waals surface area contributed by atoms with Gasteiger partial charge in [0, 0.05) is 6.21 Å². The fraction of sp³-hybridized carbons (Fsp3) is 0.400. The first-order valence-electron chi connectivity index (χ1n) is 2.54. The smallest absolute Gasteiger partial charge is 0.171 e. The molecule has 0 fully saturated rings. The van der Waals surface area contributed by atoms with E-state index in [1.54, 1.807) is 0 Å². The SMILES string of the molecule is O=CC1(Cl)C=NC=NC1Cl. The molecular weight excluding hydrogens is 175 g/mol. The van der Waals surface area contributed by atoms with Crippen LogP contribution in [0.1, 0.15) is 0 Å². The van der Waals surface area contributed by atoms with Crippen molar-refractivity contribution in [3.63, 3.8) is 0 Å². The second-order valence-electron chi connectivity index (χ2n) is 1.82. The quantitative estimate of drug-likeness (QED) is 0.334. The van der Waals surface area contributed by atoms with Crippen LogP contribution in [-0.4, -0.2) is 29.2 Å². The van der Waals surface area contributed by atoms with E-state index < -0.39 is 10.4 Å². The minimum absolute atomic E-state index is 0.520. The number of halogens is 2. The Labute approximate surface area is 67.8 Å². The van der Waals surface area contributed by atoms with E-state index in [0.717, 1.165) is 0 Å². The molecule has 0 N–H and O–H groups in total. The van der Waals surface area contributed by atoms with Crippen LogP contribution in [0.2, 0.25) is 0 Å². The number of alkyl halides is 2. The summed E-state index contributed by atoms with van der Waals surface area (Å²) in [5.41, 5.74) is -0.746. The van der Waals surface area contributed by atoms with Crippen molar-refractivity contribution in [2.24, 2.45) is 9.98 Å². The molecular formula is C5H4Cl2N2O. The number of aldehydes is 1. The highest BCUT2D eigenvalue weighted by atomic mass is 35.5. The first-order chi connectivity index (χ1) is 4.69. The summed E-state index contributed by atoms with van der Waals surface area (Å²) in [5, 5.41) is 0. The Bertz CT molecular complexity index is 204. The predicted molar refractivity (Wildman–Crippen MR) is 41.3 cm³/mol. The Kier molecular flexibility index (Phi) is 2.06. The molecule has 0 saturated carbocycles. The van der Waals surface area contributed by atoms with Gasteiger partial charge in [0.05, 0.1) is 0 Å². The van der Waals surface area contributed by atoms with Crippen molar-refractivity contribution in [1.29, 1.82) is 0 Å². The number of aliphatic imine (C=N–C) groups is 2. The molecule has 3 nitrogen and oxygen atoms in total. The zero-order valence-corrected chi connectivity index (χ0v) is 6.38. The lowest BCUT2D eigenvalue weighted by molar-refractivity contribution is -0.108. The van der Waals surface area contributed by atoms with E-state index in [0.29, 0.717) is 6.29 Å². The number of rotatable bonds is 1. The fourth-order valence-corrected chi connectivity index (χ4v) is 0.778. The molecule has 0 spiro atoms. The summed E-state index contributed by atoms with van der Waals surface area (Å²) in [4.78, 5) is 16.3. The number of hydrogen-bond acceptors (Lipinski definition) is 3. The van der Waals surface area contributed by atoms with E-state index >= 15 is 0 Å². The van der Waals surface area contributed by atoms with Gasteiger partial charge >= 0.3 is 0 Å². The van der Waals surface area contributed by atoms with E-state index in [2.05, 4.69) is 9.98 Å². The van der Waals surface area contributed by atoms with Crippen LogP contribution in [0.15, 0.2) is 9.98 Å². The van der Waals surface area contributed by atoms with Crippen LogP contribution in [0.4, 0.5) is 0 Å². The first-order valence-corrected chi connectivity index (χ1v) is 3.36. The molecule has 2 unspecified atom stereocenters. The Balaban J connectivity index is 2.87. The summed E-state index contributed by atoms with van der Waals surface area (Å²) in [6.07, 6.45) is 3.06. The largest absolute Gasteiger partial charge is 0.301 e. The monoisotopic (exact) mass is 178 g/mol. The minimum Gasteiger partial charge on any atom is -0.301 e. The third kappa shape index (κ3) is 1.20. The van der Waals surface area contributed by atoms with Crippen LogP contribution in [0, 0.1) is 0 Å². The molecule has 0 aliphatic carbocycles. The van der Waals surface area contributed by atoms with Gasteiger partial charge in [-0.05, 0) is 0 Å². The van der Waals surface area contributed by atoms with Gasteiger partial charge in [0.15, 0.2) is 10.4 Å². The Morgan fingerprint density at radius 3 is 2.80 bits per heavy atom. The van der Waals surface area contributed by atoms with Gasteiger partial charge in [-0.3, -0.25) is 4.99 Å². The summed E-state index contributed by atoms with van der Waals surface area (Å²) < 4.78 is 0. The second-order valence-corrected chi connectivity index (χ2v) is 2.89. The average Bonchev–Trinajstić information content (AvgIpc) is 1.96. The molecule has 0 radical (unpaired) electrons. The lowest BCUT2D eigenvalue weighted by Gasteiger charge is -2.19. The van der Waals surface area contributed by atoms with Gasteiger partial charge in [0.25, 0.3) is 0 Å². The molecule has 0 amide bonds. The summed E-state index contributed by atoms with van der Waals surface area (Å²) in [6.45, 7) is 0. The van der Waals surface area contributed by atoms with Gasteiger partial charge in [-0.25, -0.2) is 4.99 Å². The first kappa shape index (κ1) is 7.69. The molecule has 0 aromatic rings. The average molecular weight is 179 g/mol. The second kappa shape index (κ2) is 2.68. The van der Waals surface area contributed by atoms with Gasteiger partial charge < -0.3 is 4.79 Å². The van der Waals surface area contributed by atoms with Gasteiger partial charge in [-0.1, -0.05) is 11.6 Å². The molecule has 0 aromatic carbocycles. The van der Waals surface area contributed by atoms with Crippen molar-refractivity contribution >= 4 is 42.0 Å². The Morgan fingerprint density at radius 2 is 2.40 bits per heavy atom. The minimum atomic E-state index is -1.25. The molecule has 0 aromatic heterocycles. The number of nitrogens with zero attached hydrogens (tertiary/aromatic N) is 2. The third-order valence-corrected chi connectivity index (χ3v) is 2.06. The maximum Gasteiger partial charge on any atom is 0.171 e. The lowest BCUT2D eigenvalue weighted by atomic mass is 10.2. The zero-order chi connectivity index (χ0) is 7.61. The van der Waals surface area contributed by atoms with E-state index in [-0.39, 0.29) is 0 Å². The van der Waals surface area contributed by atoms with Gasteiger partial charge in [0.1, 0.15) is 12.6 Å². The van der Waals surface area contributed by atoms with Crippen LogP contribution in [0.25, 0.3) is 0 Å². The van der Waals surface area contributed by atoms with Crippen LogP contribution in [-0.2, 0) is 4.79 Å². The van der Waals surface area contributed by atoms with Crippen LogP contribution in [0.3, 0.4) is 0 Å². The summed E-state index contributed by atoms with van der Waals surface area (Å²) in [6, 6.07) is 0. The van der Waals surface area contributed by atoms with Crippen LogP contribution < -0.4 is 0 Å². The van der Waals surface area contributed by atoms with Crippen molar-refractivity contribution in [1.82, 2.24) is 0 Å². The maximum atomic E-state index is 10.3. The molecule has 1 aliphatic rings. The van der Waals surface area contributed by atoms with Crippen molar-refractivity contribution in [3.8, 4) is 0 Å². The molecule has 54 valence electrons. The zero-order valence-electron chi connectivity index (χ0n) is 4.87. The molecule has 10 heavy (non-hydrogen) atoms. The van der Waals surface area contributed by atoms with Gasteiger partial charge in [-0.15, -0.1) is 11.6 Å². The van der Waals surface area contributed by atoms with Crippen LogP contribution >= 0.6 is 23.2 Å². The standard InChI is InChI=1S/C5H4Cl2N2O/c6-4-5(7,2-10)1-8-3-9-4/h1-4H. The number of carbonyl (C=O) groups excluding carboxylic acids is 1. The molecule has 1 heterocycles. The normalized spacial score (nSPS) is 38.0. The Morgan fingerprint density at radius 1 is 1.70 bits per heavy atom. The highest BCUT2D eigenvalue weighted by molar-refractivity contribution is 6.46. The summed E-state index contributed by atoms with van der Waals surface area (Å²) in [7, 11) is 0. The van der Waals surface area contributed by atoms with E-state index in [1.165, 1.54) is 12.6 Å². The number of hydrogen-bond donors (Lipinski definition) is 0. The summed E-state index contributed by atoms with van der Waals surface area (Å²) >= 11 is 11.2. The number of carbonyl (C=O) groups is 1. The van der Waals surface area contributed by atoms with Crippen LogP contribution in [0.5, 0.6) is 0 Å². The summed E-state index contributed by atoms with van der Waals surface area (Å²) in [5.74, 6) is 0. The highest BCUT2D eigenvalue weighted by Crippen LogP contribution is 2.23. The van der Waals surface area contributed by atoms with Crippen molar-refractivity contribution in [3.05, 3.63) is 0 Å². The molecule has 0 bridgehead atoms. The van der Waals surface area contributed by atoms with Gasteiger partial charge in [-0.2, -0.15) is 0 Å². The fourth-order valence-electron chi connectivity index (χ4n) is 0.507. The van der Waals surface area contributed by atoms with E-state index in [1.807, 2.05) is 0 Å². The highest BCUT2D eigenvalue weighted by Gasteiger charge is 2.35. The van der Waals surface area contributed by atoms with Crippen molar-refractivity contribution in [2.75, 3.05) is 0 Å². The van der Waals surface area contributed by atoms with Crippen molar-refractivity contribution in [2.45, 2.75) is 10.4 Å². The predicted octanol–water partition coefficient (Wildman–Crippen LogP) is 0.841.